The van der Waals surface area contributed by atoms with E-state index < -0.39 is 0 Å². The maximum absolute atomic E-state index is 4.63. The van der Waals surface area contributed by atoms with Crippen LogP contribution in [0.2, 0.25) is 0 Å². The van der Waals surface area contributed by atoms with Crippen LogP contribution in [0.25, 0.3) is 64.6 Å². The average Bonchev–Trinajstić information content (AvgIpc) is 3.66. The zero-order chi connectivity index (χ0) is 22.9. The number of rotatable bonds is 2. The number of para-hydroxylation sites is 3. The van der Waals surface area contributed by atoms with Crippen molar-refractivity contribution in [1.82, 2.24) is 14.0 Å². The van der Waals surface area contributed by atoms with E-state index in [1.807, 2.05) is 23.7 Å². The summed E-state index contributed by atoms with van der Waals surface area (Å²) in [6, 6.07) is 38.3. The second kappa shape index (κ2) is 8.14. The van der Waals surface area contributed by atoms with Crippen LogP contribution in [0.3, 0.4) is 0 Å². The van der Waals surface area contributed by atoms with Gasteiger partial charge >= 0.3 is 0 Å². The van der Waals surface area contributed by atoms with E-state index in [1.54, 1.807) is 0 Å². The number of nitrogens with zero attached hydrogens (tertiary/aromatic N) is 3. The maximum Gasteiger partial charge on any atom is 0.0997 e. The predicted molar refractivity (Wildman–Crippen MR) is 147 cm³/mol. The summed E-state index contributed by atoms with van der Waals surface area (Å²) >= 11 is 1.81. The summed E-state index contributed by atoms with van der Waals surface area (Å²) in [6.45, 7) is 0. The Kier molecular flexibility index (Phi) is 4.87. The van der Waals surface area contributed by atoms with Gasteiger partial charge in [0, 0.05) is 48.8 Å². The van der Waals surface area contributed by atoms with Gasteiger partial charge in [-0.05, 0) is 34.5 Å². The molecule has 4 heterocycles. The van der Waals surface area contributed by atoms with E-state index in [0.717, 1.165) is 16.6 Å². The number of fused-ring (bicyclic) bond motifs is 9. The molecule has 8 aromatic rings. The van der Waals surface area contributed by atoms with Gasteiger partial charge in [-0.2, -0.15) is 0 Å². The second-order valence-electron chi connectivity index (χ2n) is 8.82. The zero-order valence-corrected chi connectivity index (χ0v) is 22.2. The normalized spacial score (nSPS) is 11.7. The van der Waals surface area contributed by atoms with Gasteiger partial charge in [-0.1, -0.05) is 71.6 Å². The van der Waals surface area contributed by atoms with Crippen molar-refractivity contribution in [2.75, 3.05) is 0 Å². The number of benzene rings is 4. The first-order valence-electron chi connectivity index (χ1n) is 11.6. The molecule has 1 radical (unpaired) electrons. The van der Waals surface area contributed by atoms with Gasteiger partial charge in [0.05, 0.1) is 21.7 Å². The molecular weight excluding hydrogens is 639 g/mol. The third kappa shape index (κ3) is 2.97. The Bertz CT molecular complexity index is 2030. The number of pyridine rings is 1. The smallest absolute Gasteiger partial charge is 0.0997 e. The standard InChI is InChI=1S/C31H18N3S.Ir/c1-4-10-26-23(9-1)25-19-20(13-14-24(25)31-32-17-18-33(26)31)29-15-16-30(35-29)34-27-11-5-2-7-21(27)22-8-3-6-12-28(22)34;/h1-13,15-19H;/q-1;. The number of imidazole rings is 1. The second-order valence-corrected chi connectivity index (χ2v) is 9.88. The quantitative estimate of drug-likeness (QED) is 0.136. The minimum absolute atomic E-state index is 0. The Morgan fingerprint density at radius 2 is 1.33 bits per heavy atom. The fraction of sp³-hybridized carbons (Fsp3) is 0. The van der Waals surface area contributed by atoms with Gasteiger partial charge in [0.1, 0.15) is 0 Å². The van der Waals surface area contributed by atoms with Crippen molar-refractivity contribution in [3.05, 3.63) is 116 Å². The van der Waals surface area contributed by atoms with Crippen molar-refractivity contribution in [2.24, 2.45) is 0 Å². The number of thiophene rings is 1. The van der Waals surface area contributed by atoms with E-state index in [-0.39, 0.29) is 20.1 Å². The molecule has 0 spiro atoms. The van der Waals surface area contributed by atoms with Gasteiger partial charge in [-0.3, -0.25) is 4.98 Å². The van der Waals surface area contributed by atoms with E-state index >= 15 is 0 Å². The van der Waals surface area contributed by atoms with Crippen LogP contribution in [-0.2, 0) is 20.1 Å². The third-order valence-corrected chi connectivity index (χ3v) is 8.06. The molecule has 0 saturated heterocycles. The number of hydrogen-bond donors (Lipinski definition) is 0. The SMILES string of the molecule is [Ir].[c-]1cc(-c2ccc(-n3c4ccccc4c4ccccc43)s2)cc2c1c1nccn1c1ccccc21. The fourth-order valence-corrected chi connectivity index (χ4v) is 6.42. The molecule has 4 aromatic heterocycles. The Balaban J connectivity index is 0.00000220. The van der Waals surface area contributed by atoms with E-state index in [4.69, 9.17) is 0 Å². The Hall–Kier alpha value is -3.76. The molecule has 4 aromatic carbocycles. The van der Waals surface area contributed by atoms with Crippen LogP contribution in [0.5, 0.6) is 0 Å². The number of aromatic nitrogens is 3. The minimum Gasteiger partial charge on any atom is -0.340 e. The van der Waals surface area contributed by atoms with Crippen LogP contribution in [0.15, 0.2) is 109 Å². The van der Waals surface area contributed by atoms with Crippen LogP contribution in [-0.4, -0.2) is 14.0 Å². The minimum atomic E-state index is 0. The molecule has 0 saturated carbocycles. The molecule has 173 valence electrons. The fourth-order valence-electron chi connectivity index (χ4n) is 5.39. The zero-order valence-electron chi connectivity index (χ0n) is 19.0. The van der Waals surface area contributed by atoms with Crippen molar-refractivity contribution in [1.29, 1.82) is 0 Å². The van der Waals surface area contributed by atoms with Crippen molar-refractivity contribution in [2.45, 2.75) is 0 Å². The van der Waals surface area contributed by atoms with Gasteiger partial charge in [-0.15, -0.1) is 34.9 Å². The molecule has 0 fully saturated rings. The molecule has 0 amide bonds. The summed E-state index contributed by atoms with van der Waals surface area (Å²) < 4.78 is 4.53. The monoisotopic (exact) mass is 657 g/mol. The summed E-state index contributed by atoms with van der Waals surface area (Å²) in [5, 5.41) is 7.23. The van der Waals surface area contributed by atoms with E-state index in [1.165, 1.54) is 48.0 Å². The largest absolute Gasteiger partial charge is 0.340 e. The summed E-state index contributed by atoms with van der Waals surface area (Å²) in [4.78, 5) is 5.86. The van der Waals surface area contributed by atoms with Crippen molar-refractivity contribution in [3.8, 4) is 15.4 Å². The summed E-state index contributed by atoms with van der Waals surface area (Å²) in [6.07, 6.45) is 3.89. The molecule has 5 heteroatoms. The molecule has 0 aliphatic rings. The van der Waals surface area contributed by atoms with Gasteiger partial charge in [-0.25, -0.2) is 0 Å². The van der Waals surface area contributed by atoms with Gasteiger partial charge in [0.2, 0.25) is 0 Å². The molecular formula is C31H18IrN3S-. The molecule has 36 heavy (non-hydrogen) atoms. The summed E-state index contributed by atoms with van der Waals surface area (Å²) in [5.74, 6) is 0. The van der Waals surface area contributed by atoms with Crippen LogP contribution >= 0.6 is 11.3 Å². The first-order valence-corrected chi connectivity index (χ1v) is 12.5. The topological polar surface area (TPSA) is 22.2 Å². The summed E-state index contributed by atoms with van der Waals surface area (Å²) in [5.41, 5.74) is 5.76. The molecule has 0 N–H and O–H groups in total. The first kappa shape index (κ1) is 21.5. The molecule has 0 atom stereocenters. The van der Waals surface area contributed by atoms with E-state index in [2.05, 4.69) is 117 Å². The Morgan fingerprint density at radius 3 is 2.06 bits per heavy atom. The average molecular weight is 657 g/mol. The van der Waals surface area contributed by atoms with Crippen LogP contribution in [0.1, 0.15) is 0 Å². The third-order valence-electron chi connectivity index (χ3n) is 6.94. The van der Waals surface area contributed by atoms with E-state index in [0.29, 0.717) is 0 Å². The Morgan fingerprint density at radius 1 is 0.694 bits per heavy atom. The number of hydrogen-bond acceptors (Lipinski definition) is 2. The molecule has 0 unspecified atom stereocenters. The predicted octanol–water partition coefficient (Wildman–Crippen LogP) is 8.26. The van der Waals surface area contributed by atoms with Gasteiger partial charge in [0.15, 0.2) is 0 Å². The van der Waals surface area contributed by atoms with Crippen LogP contribution in [0, 0.1) is 6.07 Å². The molecule has 0 aliphatic heterocycles. The molecule has 0 bridgehead atoms. The van der Waals surface area contributed by atoms with Crippen molar-refractivity contribution >= 4 is 60.5 Å². The maximum atomic E-state index is 4.63. The van der Waals surface area contributed by atoms with Crippen LogP contribution < -0.4 is 0 Å². The van der Waals surface area contributed by atoms with Crippen molar-refractivity contribution in [3.63, 3.8) is 0 Å². The van der Waals surface area contributed by atoms with Crippen LogP contribution in [0.4, 0.5) is 0 Å². The van der Waals surface area contributed by atoms with E-state index in [9.17, 15) is 0 Å². The molecule has 3 nitrogen and oxygen atoms in total. The van der Waals surface area contributed by atoms with Gasteiger partial charge < -0.3 is 8.97 Å². The molecule has 0 aliphatic carbocycles. The first-order chi connectivity index (χ1) is 17.4. The van der Waals surface area contributed by atoms with Crippen molar-refractivity contribution < 1.29 is 20.1 Å². The molecule has 8 rings (SSSR count). The van der Waals surface area contributed by atoms with Gasteiger partial charge in [0.25, 0.3) is 0 Å². The summed E-state index contributed by atoms with van der Waals surface area (Å²) in [7, 11) is 0. The Labute approximate surface area is 224 Å².